The molecular weight excluding hydrogens is 158 g/mol. The minimum absolute atomic E-state index is 0.293. The number of hydrogen-bond donors (Lipinski definition) is 1. The molecule has 0 saturated carbocycles. The van der Waals surface area contributed by atoms with Crippen LogP contribution in [0.1, 0.15) is 47.5 Å². The average Bonchev–Trinajstić information content (AvgIpc) is 2.02. The molecule has 0 rings (SSSR count). The summed E-state index contributed by atoms with van der Waals surface area (Å²) < 4.78 is 0. The molecule has 0 aromatic carbocycles. The number of allylic oxidation sites excluding steroid dienone is 1. The van der Waals surface area contributed by atoms with Crippen LogP contribution in [0.3, 0.4) is 0 Å². The molecular formula is C12H25N. The largest absolute Gasteiger partial charge is 0.312 e. The third-order valence-corrected chi connectivity index (χ3v) is 2.69. The maximum Gasteiger partial charge on any atom is 0.00492 e. The first kappa shape index (κ1) is 12.7. The summed E-state index contributed by atoms with van der Waals surface area (Å²) in [6.07, 6.45) is 4.43. The maximum absolute atomic E-state index is 3.91. The van der Waals surface area contributed by atoms with Gasteiger partial charge in [-0.05, 0) is 25.2 Å². The fourth-order valence-electron chi connectivity index (χ4n) is 1.70. The fourth-order valence-corrected chi connectivity index (χ4v) is 1.70. The molecule has 13 heavy (non-hydrogen) atoms. The Kier molecular flexibility index (Phi) is 5.31. The average molecular weight is 183 g/mol. The SMILES string of the molecule is C=CC(C)(CC)CC(C)NC(C)C. The Morgan fingerprint density at radius 3 is 2.23 bits per heavy atom. The summed E-state index contributed by atoms with van der Waals surface area (Å²) in [5.41, 5.74) is 0.293. The minimum Gasteiger partial charge on any atom is -0.312 e. The van der Waals surface area contributed by atoms with E-state index in [0.717, 1.165) is 0 Å². The Hall–Kier alpha value is -0.300. The summed E-state index contributed by atoms with van der Waals surface area (Å²) in [6.45, 7) is 15.0. The van der Waals surface area contributed by atoms with Gasteiger partial charge in [-0.2, -0.15) is 0 Å². The van der Waals surface area contributed by atoms with Gasteiger partial charge in [-0.15, -0.1) is 6.58 Å². The van der Waals surface area contributed by atoms with E-state index in [9.17, 15) is 0 Å². The Morgan fingerprint density at radius 2 is 1.92 bits per heavy atom. The van der Waals surface area contributed by atoms with Gasteiger partial charge in [-0.3, -0.25) is 0 Å². The first-order valence-corrected chi connectivity index (χ1v) is 5.33. The van der Waals surface area contributed by atoms with Crippen molar-refractivity contribution in [3.05, 3.63) is 12.7 Å². The highest BCUT2D eigenvalue weighted by atomic mass is 14.9. The Morgan fingerprint density at radius 1 is 1.38 bits per heavy atom. The van der Waals surface area contributed by atoms with Crippen LogP contribution in [0.4, 0.5) is 0 Å². The van der Waals surface area contributed by atoms with E-state index in [4.69, 9.17) is 0 Å². The molecule has 1 N–H and O–H groups in total. The normalized spacial score (nSPS) is 18.3. The van der Waals surface area contributed by atoms with Crippen LogP contribution in [-0.2, 0) is 0 Å². The lowest BCUT2D eigenvalue weighted by Crippen LogP contribution is -2.35. The molecule has 0 bridgehead atoms. The Labute approximate surface area is 83.6 Å². The number of rotatable bonds is 6. The van der Waals surface area contributed by atoms with Gasteiger partial charge in [0.05, 0.1) is 0 Å². The lowest BCUT2D eigenvalue weighted by atomic mass is 9.81. The second-order valence-electron chi connectivity index (χ2n) is 4.64. The third kappa shape index (κ3) is 5.09. The van der Waals surface area contributed by atoms with Gasteiger partial charge in [0.1, 0.15) is 0 Å². The first-order valence-electron chi connectivity index (χ1n) is 5.33. The predicted octanol–water partition coefficient (Wildman–Crippen LogP) is 3.37. The van der Waals surface area contributed by atoms with E-state index in [1.165, 1.54) is 12.8 Å². The number of nitrogens with one attached hydrogen (secondary N) is 1. The molecule has 0 aliphatic rings. The quantitative estimate of drug-likeness (QED) is 0.623. The van der Waals surface area contributed by atoms with Crippen LogP contribution >= 0.6 is 0 Å². The molecule has 1 nitrogen and oxygen atoms in total. The van der Waals surface area contributed by atoms with Crippen LogP contribution in [0.25, 0.3) is 0 Å². The zero-order chi connectivity index (χ0) is 10.5. The zero-order valence-corrected chi connectivity index (χ0v) is 9.85. The van der Waals surface area contributed by atoms with E-state index >= 15 is 0 Å². The van der Waals surface area contributed by atoms with E-state index in [1.54, 1.807) is 0 Å². The molecule has 0 heterocycles. The fraction of sp³-hybridized carbons (Fsp3) is 0.833. The molecule has 0 fully saturated rings. The van der Waals surface area contributed by atoms with Gasteiger partial charge in [0.15, 0.2) is 0 Å². The zero-order valence-electron chi connectivity index (χ0n) is 9.85. The molecule has 0 aromatic rings. The minimum atomic E-state index is 0.293. The highest BCUT2D eigenvalue weighted by Gasteiger charge is 2.20. The van der Waals surface area contributed by atoms with Crippen LogP contribution < -0.4 is 5.32 Å². The lowest BCUT2D eigenvalue weighted by Gasteiger charge is -2.29. The van der Waals surface area contributed by atoms with Crippen molar-refractivity contribution in [1.29, 1.82) is 0 Å². The molecule has 0 saturated heterocycles. The van der Waals surface area contributed by atoms with E-state index in [2.05, 4.69) is 52.6 Å². The molecule has 0 amide bonds. The summed E-state index contributed by atoms with van der Waals surface area (Å²) in [7, 11) is 0. The molecule has 1 heteroatoms. The Bertz CT molecular complexity index is 151. The van der Waals surface area contributed by atoms with Gasteiger partial charge >= 0.3 is 0 Å². The number of hydrogen-bond acceptors (Lipinski definition) is 1. The summed E-state index contributed by atoms with van der Waals surface area (Å²) in [5.74, 6) is 0. The lowest BCUT2D eigenvalue weighted by molar-refractivity contribution is 0.311. The van der Waals surface area contributed by atoms with E-state index < -0.39 is 0 Å². The van der Waals surface area contributed by atoms with Crippen molar-refractivity contribution in [2.75, 3.05) is 0 Å². The van der Waals surface area contributed by atoms with Gasteiger partial charge in [0.25, 0.3) is 0 Å². The van der Waals surface area contributed by atoms with Crippen LogP contribution in [0.15, 0.2) is 12.7 Å². The maximum atomic E-state index is 3.91. The van der Waals surface area contributed by atoms with Crippen LogP contribution in [0.5, 0.6) is 0 Å². The van der Waals surface area contributed by atoms with Crippen molar-refractivity contribution in [2.45, 2.75) is 59.5 Å². The first-order chi connectivity index (χ1) is 5.93. The van der Waals surface area contributed by atoms with E-state index in [1.807, 2.05) is 0 Å². The van der Waals surface area contributed by atoms with Crippen molar-refractivity contribution < 1.29 is 0 Å². The molecule has 0 aromatic heterocycles. The smallest absolute Gasteiger partial charge is 0.00492 e. The third-order valence-electron chi connectivity index (χ3n) is 2.69. The highest BCUT2D eigenvalue weighted by Crippen LogP contribution is 2.28. The summed E-state index contributed by atoms with van der Waals surface area (Å²) in [4.78, 5) is 0. The van der Waals surface area contributed by atoms with E-state index in [0.29, 0.717) is 17.5 Å². The Balaban J connectivity index is 4.01. The monoisotopic (exact) mass is 183 g/mol. The van der Waals surface area contributed by atoms with E-state index in [-0.39, 0.29) is 0 Å². The van der Waals surface area contributed by atoms with Crippen LogP contribution in [0.2, 0.25) is 0 Å². The van der Waals surface area contributed by atoms with Gasteiger partial charge < -0.3 is 5.32 Å². The second-order valence-corrected chi connectivity index (χ2v) is 4.64. The topological polar surface area (TPSA) is 12.0 Å². The van der Waals surface area contributed by atoms with Crippen LogP contribution in [0, 0.1) is 5.41 Å². The molecule has 78 valence electrons. The van der Waals surface area contributed by atoms with Gasteiger partial charge in [0.2, 0.25) is 0 Å². The highest BCUT2D eigenvalue weighted by molar-refractivity contribution is 4.92. The molecule has 0 spiro atoms. The van der Waals surface area contributed by atoms with Crippen molar-refractivity contribution in [2.24, 2.45) is 5.41 Å². The van der Waals surface area contributed by atoms with Crippen molar-refractivity contribution >= 4 is 0 Å². The molecule has 0 aliphatic heterocycles. The van der Waals surface area contributed by atoms with Crippen LogP contribution in [-0.4, -0.2) is 12.1 Å². The van der Waals surface area contributed by atoms with Crippen molar-refractivity contribution in [3.8, 4) is 0 Å². The van der Waals surface area contributed by atoms with Crippen molar-refractivity contribution in [3.63, 3.8) is 0 Å². The van der Waals surface area contributed by atoms with Crippen molar-refractivity contribution in [1.82, 2.24) is 5.32 Å². The molecule has 2 unspecified atom stereocenters. The molecule has 0 aliphatic carbocycles. The van der Waals surface area contributed by atoms with Gasteiger partial charge in [0, 0.05) is 12.1 Å². The van der Waals surface area contributed by atoms with Gasteiger partial charge in [-0.25, -0.2) is 0 Å². The molecule has 2 atom stereocenters. The van der Waals surface area contributed by atoms with Gasteiger partial charge in [-0.1, -0.05) is 33.8 Å². The summed E-state index contributed by atoms with van der Waals surface area (Å²) in [6, 6.07) is 1.14. The predicted molar refractivity (Wildman–Crippen MR) is 60.9 cm³/mol. The summed E-state index contributed by atoms with van der Waals surface area (Å²) in [5, 5.41) is 3.52. The standard InChI is InChI=1S/C12H25N/c1-7-12(6,8-2)9-11(5)13-10(3)4/h7,10-11,13H,1,8-9H2,2-6H3. The summed E-state index contributed by atoms with van der Waals surface area (Å²) >= 11 is 0. The molecule has 0 radical (unpaired) electrons. The second kappa shape index (κ2) is 5.43.